The molecule has 4 nitrogen and oxygen atoms in total. The Balaban J connectivity index is 1.54. The van der Waals surface area contributed by atoms with Gasteiger partial charge in [-0.25, -0.2) is 4.98 Å². The molecule has 0 radical (unpaired) electrons. The number of hydrogen-bond donors (Lipinski definition) is 1. The molecule has 1 fully saturated rings. The lowest BCUT2D eigenvalue weighted by Gasteiger charge is -2.31. The van der Waals surface area contributed by atoms with Gasteiger partial charge in [-0.05, 0) is 30.7 Å². The van der Waals surface area contributed by atoms with E-state index in [1.54, 1.807) is 0 Å². The first kappa shape index (κ1) is 15.2. The van der Waals surface area contributed by atoms with E-state index in [1.807, 2.05) is 16.3 Å². The van der Waals surface area contributed by atoms with Crippen molar-refractivity contribution in [1.29, 1.82) is 0 Å². The molecule has 1 aliphatic rings. The molecule has 0 spiro atoms. The predicted molar refractivity (Wildman–Crippen MR) is 88.8 cm³/mol. The smallest absolute Gasteiger partial charge is 0.273 e. The molecule has 22 heavy (non-hydrogen) atoms. The van der Waals surface area contributed by atoms with Crippen molar-refractivity contribution >= 4 is 17.2 Å². The van der Waals surface area contributed by atoms with Crippen LogP contribution in [0.4, 0.5) is 0 Å². The number of amides is 1. The Labute approximate surface area is 135 Å². The average molecular weight is 315 g/mol. The molecule has 1 amide bonds. The summed E-state index contributed by atoms with van der Waals surface area (Å²) >= 11 is 1.46. The van der Waals surface area contributed by atoms with Crippen LogP contribution in [0.15, 0.2) is 35.7 Å². The number of likely N-dealkylation sites (tertiary alicyclic amines) is 1. The summed E-state index contributed by atoms with van der Waals surface area (Å²) in [5, 5.41) is 2.64. The number of aromatic nitrogens is 1. The van der Waals surface area contributed by atoms with E-state index in [-0.39, 0.29) is 5.91 Å². The van der Waals surface area contributed by atoms with Gasteiger partial charge >= 0.3 is 0 Å². The Bertz CT molecular complexity index is 618. The summed E-state index contributed by atoms with van der Waals surface area (Å²) in [4.78, 5) is 18.6. The van der Waals surface area contributed by atoms with Crippen LogP contribution in [-0.2, 0) is 13.0 Å². The molecule has 0 aliphatic carbocycles. The lowest BCUT2D eigenvalue weighted by molar-refractivity contribution is 0.0685. The molecule has 0 atom stereocenters. The monoisotopic (exact) mass is 315 g/mol. The third-order valence-electron chi connectivity index (χ3n) is 4.21. The minimum atomic E-state index is 0.0501. The van der Waals surface area contributed by atoms with Gasteiger partial charge in [0, 0.05) is 25.0 Å². The number of carbonyl (C=O) groups is 1. The first-order chi connectivity index (χ1) is 10.8. The number of piperidine rings is 1. The van der Waals surface area contributed by atoms with E-state index in [1.165, 1.54) is 16.9 Å². The van der Waals surface area contributed by atoms with Gasteiger partial charge < -0.3 is 10.6 Å². The maximum absolute atomic E-state index is 12.4. The quantitative estimate of drug-likeness (QED) is 0.943. The van der Waals surface area contributed by atoms with Crippen LogP contribution in [0.2, 0.25) is 0 Å². The lowest BCUT2D eigenvalue weighted by atomic mass is 9.90. The minimum Gasteiger partial charge on any atom is -0.337 e. The maximum Gasteiger partial charge on any atom is 0.273 e. The van der Waals surface area contributed by atoms with Crippen molar-refractivity contribution in [3.63, 3.8) is 0 Å². The van der Waals surface area contributed by atoms with Gasteiger partial charge in [0.25, 0.3) is 5.91 Å². The Kier molecular flexibility index (Phi) is 4.85. The number of benzene rings is 1. The van der Waals surface area contributed by atoms with Crippen LogP contribution in [0.25, 0.3) is 0 Å². The summed E-state index contributed by atoms with van der Waals surface area (Å²) in [5.74, 6) is 0.718. The lowest BCUT2D eigenvalue weighted by Crippen LogP contribution is -2.39. The van der Waals surface area contributed by atoms with Gasteiger partial charge in [-0.2, -0.15) is 0 Å². The second-order valence-electron chi connectivity index (χ2n) is 5.76. The molecular weight excluding hydrogens is 294 g/mol. The number of hydrogen-bond acceptors (Lipinski definition) is 4. The van der Waals surface area contributed by atoms with Crippen LogP contribution in [0.5, 0.6) is 0 Å². The highest BCUT2D eigenvalue weighted by Crippen LogP contribution is 2.23. The molecule has 0 bridgehead atoms. The van der Waals surface area contributed by atoms with Gasteiger partial charge in [0.05, 0.1) is 0 Å². The third kappa shape index (κ3) is 3.54. The molecule has 0 saturated carbocycles. The summed E-state index contributed by atoms with van der Waals surface area (Å²) in [6, 6.07) is 10.6. The van der Waals surface area contributed by atoms with Crippen molar-refractivity contribution in [1.82, 2.24) is 9.88 Å². The maximum atomic E-state index is 12.4. The van der Waals surface area contributed by atoms with Crippen LogP contribution in [0.1, 0.15) is 33.9 Å². The number of carbonyl (C=O) groups excluding carboxylic acids is 1. The highest BCUT2D eigenvalue weighted by atomic mass is 32.1. The van der Waals surface area contributed by atoms with Crippen LogP contribution in [-0.4, -0.2) is 28.9 Å². The fraction of sp³-hybridized carbons (Fsp3) is 0.412. The zero-order valence-electron chi connectivity index (χ0n) is 12.6. The molecule has 2 heterocycles. The van der Waals surface area contributed by atoms with Crippen LogP contribution in [0.3, 0.4) is 0 Å². The Morgan fingerprint density at radius 3 is 2.64 bits per heavy atom. The number of rotatable bonds is 4. The SMILES string of the molecule is NCc1nc(C(=O)N2CCC(Cc3ccccc3)CC2)cs1. The van der Waals surface area contributed by atoms with Crippen molar-refractivity contribution in [2.24, 2.45) is 11.7 Å². The molecule has 1 aromatic carbocycles. The normalized spacial score (nSPS) is 16.0. The van der Waals surface area contributed by atoms with Crippen molar-refractivity contribution in [3.8, 4) is 0 Å². The van der Waals surface area contributed by atoms with Crippen LogP contribution in [0, 0.1) is 5.92 Å². The summed E-state index contributed by atoms with van der Waals surface area (Å²) in [6.45, 7) is 2.05. The minimum absolute atomic E-state index is 0.0501. The molecule has 1 aliphatic heterocycles. The fourth-order valence-electron chi connectivity index (χ4n) is 2.95. The summed E-state index contributed by atoms with van der Waals surface area (Å²) in [5.41, 5.74) is 7.49. The van der Waals surface area contributed by atoms with Crippen molar-refractivity contribution in [2.75, 3.05) is 13.1 Å². The molecule has 1 saturated heterocycles. The van der Waals surface area contributed by atoms with E-state index in [2.05, 4.69) is 29.2 Å². The zero-order valence-corrected chi connectivity index (χ0v) is 13.4. The second-order valence-corrected chi connectivity index (χ2v) is 6.70. The first-order valence-corrected chi connectivity index (χ1v) is 8.62. The molecule has 3 rings (SSSR count). The van der Waals surface area contributed by atoms with E-state index < -0.39 is 0 Å². The van der Waals surface area contributed by atoms with Gasteiger partial charge in [0.15, 0.2) is 0 Å². The largest absolute Gasteiger partial charge is 0.337 e. The van der Waals surface area contributed by atoms with Crippen LogP contribution < -0.4 is 5.73 Å². The molecule has 5 heteroatoms. The van der Waals surface area contributed by atoms with Crippen LogP contribution >= 0.6 is 11.3 Å². The summed E-state index contributed by atoms with van der Waals surface area (Å²) < 4.78 is 0. The van der Waals surface area contributed by atoms with Gasteiger partial charge in [-0.3, -0.25) is 4.79 Å². The highest BCUT2D eigenvalue weighted by Gasteiger charge is 2.25. The fourth-order valence-corrected chi connectivity index (χ4v) is 3.60. The van der Waals surface area contributed by atoms with E-state index >= 15 is 0 Å². The van der Waals surface area contributed by atoms with E-state index in [0.29, 0.717) is 18.2 Å². The number of nitrogens with two attached hydrogens (primary N) is 1. The van der Waals surface area contributed by atoms with E-state index in [4.69, 9.17) is 5.73 Å². The van der Waals surface area contributed by atoms with Gasteiger partial charge in [0.1, 0.15) is 10.7 Å². The molecule has 2 aromatic rings. The third-order valence-corrected chi connectivity index (χ3v) is 5.09. The van der Waals surface area contributed by atoms with Crippen molar-refractivity contribution in [2.45, 2.75) is 25.8 Å². The summed E-state index contributed by atoms with van der Waals surface area (Å²) in [7, 11) is 0. The topological polar surface area (TPSA) is 59.2 Å². The number of nitrogens with zero attached hydrogens (tertiary/aromatic N) is 2. The molecule has 116 valence electrons. The average Bonchev–Trinajstić information content (AvgIpc) is 3.05. The highest BCUT2D eigenvalue weighted by molar-refractivity contribution is 7.09. The van der Waals surface area contributed by atoms with Crippen molar-refractivity contribution in [3.05, 3.63) is 52.0 Å². The standard InChI is InChI=1S/C17H21N3OS/c18-11-16-19-15(12-22-16)17(21)20-8-6-14(7-9-20)10-13-4-2-1-3-5-13/h1-5,12,14H,6-11,18H2. The Hall–Kier alpha value is -1.72. The van der Waals surface area contributed by atoms with Gasteiger partial charge in [-0.1, -0.05) is 30.3 Å². The molecular formula is C17H21N3OS. The molecule has 0 unspecified atom stereocenters. The van der Waals surface area contributed by atoms with E-state index in [9.17, 15) is 4.79 Å². The van der Waals surface area contributed by atoms with Gasteiger partial charge in [0.2, 0.25) is 0 Å². The predicted octanol–water partition coefficient (Wildman–Crippen LogP) is 2.70. The summed E-state index contributed by atoms with van der Waals surface area (Å²) in [6.07, 6.45) is 3.24. The van der Waals surface area contributed by atoms with Gasteiger partial charge in [-0.15, -0.1) is 11.3 Å². The number of thiazole rings is 1. The second kappa shape index (κ2) is 7.03. The van der Waals surface area contributed by atoms with Crippen molar-refractivity contribution < 1.29 is 4.79 Å². The molecule has 1 aromatic heterocycles. The van der Waals surface area contributed by atoms with E-state index in [0.717, 1.165) is 37.4 Å². The Morgan fingerprint density at radius 2 is 2.00 bits per heavy atom. The Morgan fingerprint density at radius 1 is 1.27 bits per heavy atom. The zero-order chi connectivity index (χ0) is 15.4. The molecule has 2 N–H and O–H groups in total. The first-order valence-electron chi connectivity index (χ1n) is 7.74.